The van der Waals surface area contributed by atoms with Crippen molar-refractivity contribution in [1.29, 1.82) is 0 Å². The number of ether oxygens (including phenoxy) is 1. The van der Waals surface area contributed by atoms with Crippen molar-refractivity contribution in [1.82, 2.24) is 9.47 Å². The molecule has 1 aliphatic rings. The molecule has 0 bridgehead atoms. The number of aryl methyl sites for hydroxylation is 1. The molecule has 32 heavy (non-hydrogen) atoms. The van der Waals surface area contributed by atoms with Crippen LogP contribution in [0.1, 0.15) is 28.8 Å². The Morgan fingerprint density at radius 3 is 2.47 bits per heavy atom. The summed E-state index contributed by atoms with van der Waals surface area (Å²) in [5.74, 6) is 0.763. The topological polar surface area (TPSA) is 46.5 Å². The van der Waals surface area contributed by atoms with E-state index in [2.05, 4.69) is 55.0 Å². The summed E-state index contributed by atoms with van der Waals surface area (Å²) in [7, 11) is 5.87. The SMILES string of the molecule is COc1ccc(-c2ccc3c(c2)NC(=O)C3=Cn2cc(C)c(CCCN(C)C)c2C)cc1. The Balaban J connectivity index is 1.62. The van der Waals surface area contributed by atoms with Crippen LogP contribution in [0.4, 0.5) is 5.69 Å². The van der Waals surface area contributed by atoms with Crippen molar-refractivity contribution in [3.05, 3.63) is 71.0 Å². The monoisotopic (exact) mass is 429 g/mol. The summed E-state index contributed by atoms with van der Waals surface area (Å²) in [6.45, 7) is 5.35. The lowest BCUT2D eigenvalue weighted by atomic mass is 10.0. The Morgan fingerprint density at radius 2 is 1.78 bits per heavy atom. The third-order valence-corrected chi connectivity index (χ3v) is 6.16. The van der Waals surface area contributed by atoms with E-state index < -0.39 is 0 Å². The first-order chi connectivity index (χ1) is 15.4. The van der Waals surface area contributed by atoms with Gasteiger partial charge in [0.1, 0.15) is 5.75 Å². The van der Waals surface area contributed by atoms with Gasteiger partial charge >= 0.3 is 0 Å². The minimum Gasteiger partial charge on any atom is -0.497 e. The highest BCUT2D eigenvalue weighted by molar-refractivity contribution is 6.34. The molecule has 1 N–H and O–H groups in total. The molecular formula is C27H31N3O2. The molecule has 5 nitrogen and oxygen atoms in total. The molecule has 0 radical (unpaired) electrons. The van der Waals surface area contributed by atoms with E-state index in [0.29, 0.717) is 5.57 Å². The molecular weight excluding hydrogens is 398 g/mol. The maximum Gasteiger partial charge on any atom is 0.257 e. The highest BCUT2D eigenvalue weighted by atomic mass is 16.5. The summed E-state index contributed by atoms with van der Waals surface area (Å²) in [4.78, 5) is 15.0. The van der Waals surface area contributed by atoms with Gasteiger partial charge in [0.15, 0.2) is 0 Å². The molecule has 0 saturated carbocycles. The van der Waals surface area contributed by atoms with Gasteiger partial charge in [-0.3, -0.25) is 4.79 Å². The average Bonchev–Trinajstić information content (AvgIpc) is 3.23. The molecule has 2 aromatic carbocycles. The van der Waals surface area contributed by atoms with Gasteiger partial charge in [0, 0.05) is 29.3 Å². The van der Waals surface area contributed by atoms with E-state index >= 15 is 0 Å². The lowest BCUT2D eigenvalue weighted by molar-refractivity contribution is -0.110. The van der Waals surface area contributed by atoms with Crippen LogP contribution in [0.2, 0.25) is 0 Å². The van der Waals surface area contributed by atoms with Gasteiger partial charge in [0.2, 0.25) is 0 Å². The number of amides is 1. The van der Waals surface area contributed by atoms with Crippen molar-refractivity contribution in [2.24, 2.45) is 0 Å². The van der Waals surface area contributed by atoms with E-state index in [1.54, 1.807) is 7.11 Å². The van der Waals surface area contributed by atoms with Gasteiger partial charge in [-0.05, 0) is 87.8 Å². The van der Waals surface area contributed by atoms with E-state index in [1.807, 2.05) is 42.6 Å². The Kier molecular flexibility index (Phi) is 6.19. The van der Waals surface area contributed by atoms with Crippen LogP contribution >= 0.6 is 0 Å². The van der Waals surface area contributed by atoms with Crippen LogP contribution < -0.4 is 10.1 Å². The normalized spacial score (nSPS) is 14.2. The fourth-order valence-electron chi connectivity index (χ4n) is 4.33. The van der Waals surface area contributed by atoms with E-state index in [4.69, 9.17) is 4.74 Å². The van der Waals surface area contributed by atoms with Crippen LogP contribution in [0.25, 0.3) is 22.9 Å². The first-order valence-electron chi connectivity index (χ1n) is 11.0. The number of anilines is 1. The molecule has 0 unspecified atom stereocenters. The Bertz CT molecular complexity index is 1170. The van der Waals surface area contributed by atoms with Crippen LogP contribution in [0.15, 0.2) is 48.7 Å². The van der Waals surface area contributed by atoms with Gasteiger partial charge in [-0.15, -0.1) is 0 Å². The number of fused-ring (bicyclic) bond motifs is 1. The molecule has 0 spiro atoms. The van der Waals surface area contributed by atoms with E-state index in [0.717, 1.165) is 47.5 Å². The third-order valence-electron chi connectivity index (χ3n) is 6.16. The molecule has 1 aromatic heterocycles. The van der Waals surface area contributed by atoms with Crippen LogP contribution in [-0.4, -0.2) is 43.1 Å². The highest BCUT2D eigenvalue weighted by Gasteiger charge is 2.25. The van der Waals surface area contributed by atoms with E-state index in [1.165, 1.54) is 16.8 Å². The van der Waals surface area contributed by atoms with Crippen molar-refractivity contribution in [2.45, 2.75) is 26.7 Å². The molecule has 5 heteroatoms. The lowest BCUT2D eigenvalue weighted by Gasteiger charge is -2.10. The summed E-state index contributed by atoms with van der Waals surface area (Å²) in [5, 5.41) is 3.04. The summed E-state index contributed by atoms with van der Waals surface area (Å²) >= 11 is 0. The maximum atomic E-state index is 12.8. The number of methoxy groups -OCH3 is 1. The summed E-state index contributed by atoms with van der Waals surface area (Å²) < 4.78 is 7.35. The molecule has 2 heterocycles. The lowest BCUT2D eigenvalue weighted by Crippen LogP contribution is -2.13. The zero-order valence-electron chi connectivity index (χ0n) is 19.5. The van der Waals surface area contributed by atoms with E-state index in [-0.39, 0.29) is 5.91 Å². The number of hydrogen-bond acceptors (Lipinski definition) is 3. The van der Waals surface area contributed by atoms with Crippen LogP contribution in [-0.2, 0) is 11.2 Å². The molecule has 4 rings (SSSR count). The fourth-order valence-corrected chi connectivity index (χ4v) is 4.33. The van der Waals surface area contributed by atoms with Crippen LogP contribution in [0, 0.1) is 13.8 Å². The van der Waals surface area contributed by atoms with Gasteiger partial charge in [0.25, 0.3) is 5.91 Å². The molecule has 166 valence electrons. The second-order valence-electron chi connectivity index (χ2n) is 8.68. The summed E-state index contributed by atoms with van der Waals surface area (Å²) in [6, 6.07) is 14.1. The van der Waals surface area contributed by atoms with Gasteiger partial charge in [-0.1, -0.05) is 24.3 Å². The Morgan fingerprint density at radius 1 is 1.06 bits per heavy atom. The summed E-state index contributed by atoms with van der Waals surface area (Å²) in [6.07, 6.45) is 6.25. The number of rotatable bonds is 7. The minimum absolute atomic E-state index is 0.0632. The third kappa shape index (κ3) is 4.34. The van der Waals surface area contributed by atoms with Crippen molar-refractivity contribution in [3.8, 4) is 16.9 Å². The highest BCUT2D eigenvalue weighted by Crippen LogP contribution is 2.36. The minimum atomic E-state index is -0.0632. The number of carbonyl (C=O) groups excluding carboxylic acids is 1. The van der Waals surface area contributed by atoms with Crippen molar-refractivity contribution in [2.75, 3.05) is 33.1 Å². The Hall–Kier alpha value is -3.31. The molecule has 1 amide bonds. The van der Waals surface area contributed by atoms with Crippen molar-refractivity contribution in [3.63, 3.8) is 0 Å². The number of nitrogens with one attached hydrogen (secondary N) is 1. The molecule has 0 fully saturated rings. The van der Waals surface area contributed by atoms with Crippen LogP contribution in [0.5, 0.6) is 5.75 Å². The van der Waals surface area contributed by atoms with E-state index in [9.17, 15) is 4.79 Å². The van der Waals surface area contributed by atoms with Crippen molar-refractivity contribution >= 4 is 23.4 Å². The first kappa shape index (κ1) is 21.9. The number of carbonyl (C=O) groups is 1. The molecule has 3 aromatic rings. The van der Waals surface area contributed by atoms with Crippen molar-refractivity contribution < 1.29 is 9.53 Å². The quantitative estimate of drug-likeness (QED) is 0.524. The first-order valence-corrected chi connectivity index (χ1v) is 11.0. The number of benzene rings is 2. The largest absolute Gasteiger partial charge is 0.497 e. The smallest absolute Gasteiger partial charge is 0.257 e. The summed E-state index contributed by atoms with van der Waals surface area (Å²) in [5.41, 5.74) is 8.46. The second kappa shape index (κ2) is 9.05. The van der Waals surface area contributed by atoms with Gasteiger partial charge in [0.05, 0.1) is 12.7 Å². The average molecular weight is 430 g/mol. The maximum absolute atomic E-state index is 12.8. The predicted octanol–water partition coefficient (Wildman–Crippen LogP) is 5.22. The number of aromatic nitrogens is 1. The molecule has 0 atom stereocenters. The zero-order chi connectivity index (χ0) is 22.8. The second-order valence-corrected chi connectivity index (χ2v) is 8.68. The van der Waals surface area contributed by atoms with Gasteiger partial charge in [-0.2, -0.15) is 0 Å². The zero-order valence-corrected chi connectivity index (χ0v) is 19.5. The molecule has 0 saturated heterocycles. The van der Waals surface area contributed by atoms with Gasteiger partial charge in [-0.25, -0.2) is 0 Å². The Labute approximate surface area is 190 Å². The predicted molar refractivity (Wildman–Crippen MR) is 132 cm³/mol. The van der Waals surface area contributed by atoms with Crippen LogP contribution in [0.3, 0.4) is 0 Å². The number of nitrogens with zero attached hydrogens (tertiary/aromatic N) is 2. The fraction of sp³-hybridized carbons (Fsp3) is 0.296. The molecule has 0 aliphatic carbocycles. The molecule has 1 aliphatic heterocycles. The standard InChI is InChI=1S/C27H31N3O2/c1-18-16-30(19(2)23(18)7-6-14-29(3)4)17-25-24-13-10-21(15-26(24)28-27(25)31)20-8-11-22(32-5)12-9-20/h8-13,15-17H,6-7,14H2,1-5H3,(H,28,31). The number of hydrogen-bond donors (Lipinski definition) is 1. The van der Waals surface area contributed by atoms with Gasteiger partial charge < -0.3 is 19.5 Å².